The number of hydrogen-bond acceptors (Lipinski definition) is 5. The molecule has 7 heteroatoms. The summed E-state index contributed by atoms with van der Waals surface area (Å²) in [5.41, 5.74) is 1.76. The van der Waals surface area contributed by atoms with Crippen molar-refractivity contribution in [3.8, 4) is 0 Å². The zero-order chi connectivity index (χ0) is 20.4. The van der Waals surface area contributed by atoms with Gasteiger partial charge in [-0.25, -0.2) is 4.79 Å². The largest absolute Gasteiger partial charge is 0.467 e. The predicted octanol–water partition coefficient (Wildman–Crippen LogP) is 2.79. The molecule has 1 atom stereocenters. The van der Waals surface area contributed by atoms with Crippen molar-refractivity contribution in [3.63, 3.8) is 0 Å². The summed E-state index contributed by atoms with van der Waals surface area (Å²) >= 11 is 0. The van der Waals surface area contributed by atoms with E-state index < -0.39 is 17.9 Å². The number of methoxy groups -OCH3 is 1. The van der Waals surface area contributed by atoms with Crippen LogP contribution in [0.25, 0.3) is 21.9 Å². The first-order chi connectivity index (χ1) is 14.1. The van der Waals surface area contributed by atoms with Crippen molar-refractivity contribution < 1.29 is 18.7 Å². The number of hydrogen-bond donors (Lipinski definition) is 2. The number of ether oxygens (including phenoxy) is 1. The van der Waals surface area contributed by atoms with Gasteiger partial charge in [0.2, 0.25) is 0 Å². The zero-order valence-electron chi connectivity index (χ0n) is 15.6. The molecule has 2 aromatic carbocycles. The minimum atomic E-state index is -0.941. The third-order valence-electron chi connectivity index (χ3n) is 4.75. The molecule has 2 N–H and O–H groups in total. The molecular formula is C22H18N2O5. The summed E-state index contributed by atoms with van der Waals surface area (Å²) in [6, 6.07) is 14.5. The van der Waals surface area contributed by atoms with Crippen LogP contribution < -0.4 is 10.7 Å². The van der Waals surface area contributed by atoms with Gasteiger partial charge in [0.25, 0.3) is 5.91 Å². The summed E-state index contributed by atoms with van der Waals surface area (Å²) < 4.78 is 10.4. The van der Waals surface area contributed by atoms with Gasteiger partial charge in [0.1, 0.15) is 11.6 Å². The first-order valence-electron chi connectivity index (χ1n) is 9.03. The Morgan fingerprint density at radius 1 is 1.10 bits per heavy atom. The van der Waals surface area contributed by atoms with Crippen LogP contribution in [-0.4, -0.2) is 30.0 Å². The molecule has 0 aliphatic heterocycles. The molecule has 0 aliphatic rings. The highest BCUT2D eigenvalue weighted by molar-refractivity contribution is 5.96. The van der Waals surface area contributed by atoms with Gasteiger partial charge in [0, 0.05) is 29.6 Å². The molecule has 0 fully saturated rings. The number of amides is 1. The number of carbonyl (C=O) groups is 2. The maximum Gasteiger partial charge on any atom is 0.328 e. The number of H-pyrrole nitrogens is 1. The van der Waals surface area contributed by atoms with E-state index in [0.717, 1.165) is 22.5 Å². The second-order valence-electron chi connectivity index (χ2n) is 6.58. The van der Waals surface area contributed by atoms with Crippen molar-refractivity contribution >= 4 is 33.7 Å². The molecule has 0 bridgehead atoms. The molecular weight excluding hydrogens is 372 g/mol. The lowest BCUT2D eigenvalue weighted by molar-refractivity contribution is -0.142. The number of rotatable bonds is 5. The maximum atomic E-state index is 12.7. The Balaban J connectivity index is 1.62. The standard InChI is InChI=1S/C22H18N2O5/c1-28-22(27)17(10-13-12-23-16-8-4-2-6-14(13)16)24-21(26)20-11-18(25)15-7-3-5-9-19(15)29-20/h2-9,11-12,17,23H,10H2,1H3,(H,24,26)/t17-/m1/s1. The first kappa shape index (κ1) is 18.5. The van der Waals surface area contributed by atoms with Crippen LogP contribution in [0.3, 0.4) is 0 Å². The van der Waals surface area contributed by atoms with E-state index in [0.29, 0.717) is 11.0 Å². The Hall–Kier alpha value is -3.87. The molecule has 2 heterocycles. The first-order valence-corrected chi connectivity index (χ1v) is 9.03. The highest BCUT2D eigenvalue weighted by Crippen LogP contribution is 2.20. The lowest BCUT2D eigenvalue weighted by Crippen LogP contribution is -2.43. The van der Waals surface area contributed by atoms with Gasteiger partial charge in [0.15, 0.2) is 11.2 Å². The van der Waals surface area contributed by atoms with Crippen molar-refractivity contribution in [2.75, 3.05) is 7.11 Å². The molecule has 0 spiro atoms. The highest BCUT2D eigenvalue weighted by atomic mass is 16.5. The van der Waals surface area contributed by atoms with Gasteiger partial charge < -0.3 is 19.5 Å². The average molecular weight is 390 g/mol. The molecule has 1 amide bonds. The van der Waals surface area contributed by atoms with Gasteiger partial charge in [-0.2, -0.15) is 0 Å². The molecule has 146 valence electrons. The van der Waals surface area contributed by atoms with Gasteiger partial charge in [-0.05, 0) is 23.8 Å². The van der Waals surface area contributed by atoms with E-state index in [-0.39, 0.29) is 17.6 Å². The number of carbonyl (C=O) groups excluding carboxylic acids is 2. The highest BCUT2D eigenvalue weighted by Gasteiger charge is 2.25. The molecule has 0 saturated heterocycles. The third-order valence-corrected chi connectivity index (χ3v) is 4.75. The molecule has 0 aliphatic carbocycles. The van der Waals surface area contributed by atoms with E-state index in [2.05, 4.69) is 10.3 Å². The molecule has 0 unspecified atom stereocenters. The number of nitrogens with one attached hydrogen (secondary N) is 2. The molecule has 29 heavy (non-hydrogen) atoms. The lowest BCUT2D eigenvalue weighted by Gasteiger charge is -2.16. The van der Waals surface area contributed by atoms with Crippen LogP contribution in [0.1, 0.15) is 16.1 Å². The Morgan fingerprint density at radius 2 is 1.83 bits per heavy atom. The Kier molecular flexibility index (Phi) is 4.87. The van der Waals surface area contributed by atoms with E-state index in [1.807, 2.05) is 24.3 Å². The molecule has 7 nitrogen and oxygen atoms in total. The fraction of sp³-hybridized carbons (Fsp3) is 0.136. The number of fused-ring (bicyclic) bond motifs is 2. The van der Waals surface area contributed by atoms with Crippen LogP contribution in [-0.2, 0) is 16.0 Å². The number of benzene rings is 2. The second-order valence-corrected chi connectivity index (χ2v) is 6.58. The van der Waals surface area contributed by atoms with Gasteiger partial charge in [-0.15, -0.1) is 0 Å². The zero-order valence-corrected chi connectivity index (χ0v) is 15.6. The predicted molar refractivity (Wildman–Crippen MR) is 108 cm³/mol. The topological polar surface area (TPSA) is 101 Å². The van der Waals surface area contributed by atoms with Crippen molar-refractivity contribution in [3.05, 3.63) is 82.3 Å². The number of aromatic amines is 1. The van der Waals surface area contributed by atoms with Crippen LogP contribution in [0.15, 0.2) is 70.0 Å². The number of aromatic nitrogens is 1. The summed E-state index contributed by atoms with van der Waals surface area (Å²) in [5.74, 6) is -1.42. The molecule has 4 rings (SSSR count). The number of para-hydroxylation sites is 2. The molecule has 4 aromatic rings. The molecule has 2 aromatic heterocycles. The summed E-state index contributed by atoms with van der Waals surface area (Å²) in [6.45, 7) is 0. The van der Waals surface area contributed by atoms with Crippen LogP contribution in [0.2, 0.25) is 0 Å². The van der Waals surface area contributed by atoms with Crippen molar-refractivity contribution in [2.24, 2.45) is 0 Å². The Labute approximate surface area is 165 Å². The third kappa shape index (κ3) is 3.62. The van der Waals surface area contributed by atoms with E-state index in [1.165, 1.54) is 7.11 Å². The van der Waals surface area contributed by atoms with Crippen molar-refractivity contribution in [1.82, 2.24) is 10.3 Å². The fourth-order valence-corrected chi connectivity index (χ4v) is 3.30. The lowest BCUT2D eigenvalue weighted by atomic mass is 10.0. The fourth-order valence-electron chi connectivity index (χ4n) is 3.30. The summed E-state index contributed by atoms with van der Waals surface area (Å²) in [4.78, 5) is 40.4. The Bertz CT molecular complexity index is 1270. The van der Waals surface area contributed by atoms with Crippen LogP contribution in [0.5, 0.6) is 0 Å². The van der Waals surface area contributed by atoms with E-state index >= 15 is 0 Å². The normalized spacial score (nSPS) is 12.0. The Morgan fingerprint density at radius 3 is 2.62 bits per heavy atom. The molecule has 0 saturated carbocycles. The SMILES string of the molecule is COC(=O)[C@@H](Cc1c[nH]c2ccccc12)NC(=O)c1cc(=O)c2ccccc2o1. The van der Waals surface area contributed by atoms with Crippen LogP contribution in [0, 0.1) is 0 Å². The monoisotopic (exact) mass is 390 g/mol. The van der Waals surface area contributed by atoms with Gasteiger partial charge in [-0.1, -0.05) is 30.3 Å². The van der Waals surface area contributed by atoms with Gasteiger partial charge in [0.05, 0.1) is 12.5 Å². The van der Waals surface area contributed by atoms with Crippen LogP contribution >= 0.6 is 0 Å². The number of esters is 1. The quantitative estimate of drug-likeness (QED) is 0.510. The minimum Gasteiger partial charge on any atom is -0.467 e. The van der Waals surface area contributed by atoms with E-state index in [4.69, 9.17) is 9.15 Å². The van der Waals surface area contributed by atoms with Crippen molar-refractivity contribution in [2.45, 2.75) is 12.5 Å². The smallest absolute Gasteiger partial charge is 0.328 e. The second kappa shape index (κ2) is 7.63. The van der Waals surface area contributed by atoms with Gasteiger partial charge >= 0.3 is 5.97 Å². The maximum absolute atomic E-state index is 12.7. The average Bonchev–Trinajstić information content (AvgIpc) is 3.15. The van der Waals surface area contributed by atoms with Crippen molar-refractivity contribution in [1.29, 1.82) is 0 Å². The van der Waals surface area contributed by atoms with E-state index in [1.54, 1.807) is 30.5 Å². The summed E-state index contributed by atoms with van der Waals surface area (Å²) in [6.07, 6.45) is 2.02. The van der Waals surface area contributed by atoms with E-state index in [9.17, 15) is 14.4 Å². The van der Waals surface area contributed by atoms with Crippen LogP contribution in [0.4, 0.5) is 0 Å². The summed E-state index contributed by atoms with van der Waals surface area (Å²) in [7, 11) is 1.26. The minimum absolute atomic E-state index is 0.165. The molecule has 0 radical (unpaired) electrons. The van der Waals surface area contributed by atoms with Gasteiger partial charge in [-0.3, -0.25) is 9.59 Å². The summed E-state index contributed by atoms with van der Waals surface area (Å²) in [5, 5.41) is 3.95.